The number of hydrogen-bond acceptors (Lipinski definition) is 5. The van der Waals surface area contributed by atoms with Gasteiger partial charge in [-0.1, -0.05) is 11.2 Å². The fourth-order valence-electron chi connectivity index (χ4n) is 1.48. The smallest absolute Gasteiger partial charge is 0.355 e. The molecule has 2 aromatic heterocycles. The standard InChI is InChI=1S/C11H12N4O3/c1-2-12-9(16)7-15-10(14-18-11(15)17)8-5-3-4-6-13-8/h3-6H,2,7H2,1H3,(H,12,16). The molecule has 0 aromatic carbocycles. The molecule has 0 bridgehead atoms. The highest BCUT2D eigenvalue weighted by Crippen LogP contribution is 2.11. The van der Waals surface area contributed by atoms with Crippen LogP contribution < -0.4 is 11.1 Å². The van der Waals surface area contributed by atoms with Gasteiger partial charge in [0.25, 0.3) is 0 Å². The fraction of sp³-hybridized carbons (Fsp3) is 0.273. The SMILES string of the molecule is CCNC(=O)Cn1c(-c2ccccn2)noc1=O. The van der Waals surface area contributed by atoms with Crippen LogP contribution in [0, 0.1) is 0 Å². The Balaban J connectivity index is 2.34. The van der Waals surface area contributed by atoms with Crippen molar-refractivity contribution in [2.75, 3.05) is 6.54 Å². The Labute approximate surface area is 102 Å². The molecule has 2 aromatic rings. The van der Waals surface area contributed by atoms with Crippen LogP contribution in [0.25, 0.3) is 11.5 Å². The molecule has 0 spiro atoms. The van der Waals surface area contributed by atoms with E-state index in [2.05, 4.69) is 20.0 Å². The first kappa shape index (κ1) is 12.0. The van der Waals surface area contributed by atoms with Crippen molar-refractivity contribution in [3.8, 4) is 11.5 Å². The molecule has 0 unspecified atom stereocenters. The Bertz CT molecular complexity index is 588. The van der Waals surface area contributed by atoms with Crippen LogP contribution in [-0.2, 0) is 11.3 Å². The lowest BCUT2D eigenvalue weighted by Crippen LogP contribution is -2.31. The normalized spacial score (nSPS) is 10.3. The number of carbonyl (C=O) groups excluding carboxylic acids is 1. The number of pyridine rings is 1. The highest BCUT2D eigenvalue weighted by atomic mass is 16.5. The Morgan fingerprint density at radius 3 is 3.00 bits per heavy atom. The maximum atomic E-state index is 11.5. The third-order valence-electron chi connectivity index (χ3n) is 2.26. The minimum atomic E-state index is -0.679. The summed E-state index contributed by atoms with van der Waals surface area (Å²) in [6.45, 7) is 2.16. The van der Waals surface area contributed by atoms with Gasteiger partial charge in [-0.25, -0.2) is 9.36 Å². The van der Waals surface area contributed by atoms with Gasteiger partial charge in [0.2, 0.25) is 11.7 Å². The molecule has 0 fully saturated rings. The van der Waals surface area contributed by atoms with E-state index in [1.54, 1.807) is 31.3 Å². The van der Waals surface area contributed by atoms with Gasteiger partial charge < -0.3 is 5.32 Å². The van der Waals surface area contributed by atoms with Crippen LogP contribution in [0.15, 0.2) is 33.7 Å². The Kier molecular flexibility index (Phi) is 3.52. The van der Waals surface area contributed by atoms with Gasteiger partial charge in [0, 0.05) is 12.7 Å². The molecule has 7 nitrogen and oxygen atoms in total. The van der Waals surface area contributed by atoms with E-state index in [9.17, 15) is 9.59 Å². The highest BCUT2D eigenvalue weighted by molar-refractivity contribution is 5.76. The van der Waals surface area contributed by atoms with Gasteiger partial charge in [-0.15, -0.1) is 0 Å². The van der Waals surface area contributed by atoms with E-state index >= 15 is 0 Å². The summed E-state index contributed by atoms with van der Waals surface area (Å²) in [5.74, 6) is -0.714. The van der Waals surface area contributed by atoms with Gasteiger partial charge in [0.05, 0.1) is 0 Å². The number of likely N-dealkylation sites (N-methyl/N-ethyl adjacent to an activating group) is 1. The summed E-state index contributed by atoms with van der Waals surface area (Å²) in [5, 5.41) is 6.23. The number of rotatable bonds is 4. The fourth-order valence-corrected chi connectivity index (χ4v) is 1.48. The van der Waals surface area contributed by atoms with Gasteiger partial charge in [0.1, 0.15) is 12.2 Å². The van der Waals surface area contributed by atoms with E-state index in [-0.39, 0.29) is 18.3 Å². The maximum Gasteiger partial charge on any atom is 0.442 e. The Morgan fingerprint density at radius 1 is 1.50 bits per heavy atom. The number of nitrogens with one attached hydrogen (secondary N) is 1. The summed E-state index contributed by atoms with van der Waals surface area (Å²) in [6, 6.07) is 5.19. The Morgan fingerprint density at radius 2 is 2.33 bits per heavy atom. The van der Waals surface area contributed by atoms with Crippen molar-refractivity contribution in [3.05, 3.63) is 34.9 Å². The maximum absolute atomic E-state index is 11.5. The van der Waals surface area contributed by atoms with Crippen LogP contribution in [0.4, 0.5) is 0 Å². The number of carbonyl (C=O) groups is 1. The molecule has 0 atom stereocenters. The lowest BCUT2D eigenvalue weighted by atomic mass is 10.3. The van der Waals surface area contributed by atoms with Gasteiger partial charge in [-0.2, -0.15) is 0 Å². The van der Waals surface area contributed by atoms with Crippen molar-refractivity contribution >= 4 is 5.91 Å². The third kappa shape index (κ3) is 2.45. The van der Waals surface area contributed by atoms with Crippen molar-refractivity contribution in [1.82, 2.24) is 20.0 Å². The second kappa shape index (κ2) is 5.26. The number of hydrogen-bond donors (Lipinski definition) is 1. The lowest BCUT2D eigenvalue weighted by molar-refractivity contribution is -0.121. The van der Waals surface area contributed by atoms with E-state index in [1.807, 2.05) is 0 Å². The molecule has 0 aliphatic heterocycles. The predicted molar refractivity (Wildman–Crippen MR) is 62.7 cm³/mol. The molecule has 0 saturated carbocycles. The minimum Gasteiger partial charge on any atom is -0.355 e. The summed E-state index contributed by atoms with van der Waals surface area (Å²) < 4.78 is 5.71. The molecule has 94 valence electrons. The van der Waals surface area contributed by atoms with Gasteiger partial charge in [-0.3, -0.25) is 14.3 Å². The van der Waals surface area contributed by atoms with Crippen molar-refractivity contribution in [2.45, 2.75) is 13.5 Å². The van der Waals surface area contributed by atoms with Crippen molar-refractivity contribution in [2.24, 2.45) is 0 Å². The first-order valence-electron chi connectivity index (χ1n) is 5.47. The van der Waals surface area contributed by atoms with Crippen LogP contribution in [0.3, 0.4) is 0 Å². The van der Waals surface area contributed by atoms with E-state index in [4.69, 9.17) is 0 Å². The molecule has 7 heteroatoms. The van der Waals surface area contributed by atoms with E-state index < -0.39 is 5.76 Å². The lowest BCUT2D eigenvalue weighted by Gasteiger charge is -2.03. The molecule has 0 radical (unpaired) electrons. The van der Waals surface area contributed by atoms with E-state index in [0.29, 0.717) is 12.2 Å². The zero-order chi connectivity index (χ0) is 13.0. The second-order valence-corrected chi connectivity index (χ2v) is 3.53. The quantitative estimate of drug-likeness (QED) is 0.824. The molecule has 0 saturated heterocycles. The molecule has 1 N–H and O–H groups in total. The van der Waals surface area contributed by atoms with Crippen LogP contribution >= 0.6 is 0 Å². The molecule has 18 heavy (non-hydrogen) atoms. The van der Waals surface area contributed by atoms with Crippen molar-refractivity contribution in [3.63, 3.8) is 0 Å². The number of amides is 1. The largest absolute Gasteiger partial charge is 0.442 e. The summed E-state index contributed by atoms with van der Waals surface area (Å²) in [7, 11) is 0. The van der Waals surface area contributed by atoms with E-state index in [1.165, 1.54) is 0 Å². The number of nitrogens with zero attached hydrogens (tertiary/aromatic N) is 3. The van der Waals surface area contributed by atoms with Crippen LogP contribution in [-0.4, -0.2) is 27.2 Å². The first-order chi connectivity index (χ1) is 8.72. The van der Waals surface area contributed by atoms with Gasteiger partial charge in [-0.05, 0) is 19.1 Å². The molecule has 1 amide bonds. The molecular formula is C11H12N4O3. The zero-order valence-electron chi connectivity index (χ0n) is 9.79. The molecule has 2 heterocycles. The second-order valence-electron chi connectivity index (χ2n) is 3.53. The molecular weight excluding hydrogens is 236 g/mol. The minimum absolute atomic E-state index is 0.137. The molecule has 0 aliphatic rings. The average Bonchev–Trinajstić information content (AvgIpc) is 2.73. The Hall–Kier alpha value is -2.44. The highest BCUT2D eigenvalue weighted by Gasteiger charge is 2.15. The monoisotopic (exact) mass is 248 g/mol. The zero-order valence-corrected chi connectivity index (χ0v) is 9.79. The summed E-state index contributed by atoms with van der Waals surface area (Å²) in [6.07, 6.45) is 1.57. The van der Waals surface area contributed by atoms with Crippen LogP contribution in [0.2, 0.25) is 0 Å². The molecule has 0 aliphatic carbocycles. The summed E-state index contributed by atoms with van der Waals surface area (Å²) in [5.41, 5.74) is 0.479. The van der Waals surface area contributed by atoms with Gasteiger partial charge >= 0.3 is 5.76 Å². The average molecular weight is 248 g/mol. The van der Waals surface area contributed by atoms with Crippen molar-refractivity contribution < 1.29 is 9.32 Å². The topological polar surface area (TPSA) is 90.0 Å². The van der Waals surface area contributed by atoms with Crippen molar-refractivity contribution in [1.29, 1.82) is 0 Å². The summed E-state index contributed by atoms with van der Waals surface area (Å²) in [4.78, 5) is 27.0. The number of aromatic nitrogens is 3. The predicted octanol–water partition coefficient (Wildman–Crippen LogP) is 0.0344. The molecule has 2 rings (SSSR count). The summed E-state index contributed by atoms with van der Waals surface area (Å²) >= 11 is 0. The van der Waals surface area contributed by atoms with Crippen LogP contribution in [0.5, 0.6) is 0 Å². The first-order valence-corrected chi connectivity index (χ1v) is 5.47. The third-order valence-corrected chi connectivity index (χ3v) is 2.26. The van der Waals surface area contributed by atoms with E-state index in [0.717, 1.165) is 4.57 Å². The van der Waals surface area contributed by atoms with Gasteiger partial charge in [0.15, 0.2) is 0 Å². The van der Waals surface area contributed by atoms with Crippen LogP contribution in [0.1, 0.15) is 6.92 Å².